The summed E-state index contributed by atoms with van der Waals surface area (Å²) >= 11 is -2.47. The summed E-state index contributed by atoms with van der Waals surface area (Å²) < 4.78 is 13.9. The monoisotopic (exact) mass is 493 g/mol. The molecule has 1 atom stereocenters. The van der Waals surface area contributed by atoms with Gasteiger partial charge in [-0.2, -0.15) is 0 Å². The van der Waals surface area contributed by atoms with Crippen LogP contribution in [-0.4, -0.2) is 39.7 Å². The predicted molar refractivity (Wildman–Crippen MR) is 121 cm³/mol. The Labute approximate surface area is 175 Å². The molecule has 2 aromatic heterocycles. The van der Waals surface area contributed by atoms with E-state index in [0.717, 1.165) is 18.5 Å². The average Bonchev–Trinajstić information content (AvgIpc) is 3.17. The molecular formula is C23H39N3OSn. The fourth-order valence-corrected chi connectivity index (χ4v) is 20.1. The van der Waals surface area contributed by atoms with E-state index in [1.807, 2.05) is 0 Å². The molecule has 0 aliphatic carbocycles. The van der Waals surface area contributed by atoms with E-state index in [0.29, 0.717) is 0 Å². The first-order valence-corrected chi connectivity index (χ1v) is 19.2. The van der Waals surface area contributed by atoms with Crippen LogP contribution in [0.2, 0.25) is 13.3 Å². The summed E-state index contributed by atoms with van der Waals surface area (Å²) in [6.07, 6.45) is 15.7. The first kappa shape index (κ1) is 22.1. The van der Waals surface area contributed by atoms with Crippen molar-refractivity contribution in [1.29, 1.82) is 0 Å². The molecule has 2 aromatic rings. The van der Waals surface area contributed by atoms with E-state index in [2.05, 4.69) is 43.9 Å². The number of aromatic nitrogens is 3. The van der Waals surface area contributed by atoms with Crippen LogP contribution in [0.3, 0.4) is 0 Å². The Kier molecular flexibility index (Phi) is 8.64. The van der Waals surface area contributed by atoms with Crippen LogP contribution >= 0.6 is 0 Å². The van der Waals surface area contributed by atoms with Gasteiger partial charge in [-0.25, -0.2) is 0 Å². The summed E-state index contributed by atoms with van der Waals surface area (Å²) in [6.45, 7) is 7.85. The number of unbranched alkanes of at least 4 members (excludes halogenated alkanes) is 3. The van der Waals surface area contributed by atoms with E-state index in [1.165, 1.54) is 73.8 Å². The van der Waals surface area contributed by atoms with Gasteiger partial charge in [0, 0.05) is 0 Å². The van der Waals surface area contributed by atoms with Gasteiger partial charge in [0.2, 0.25) is 0 Å². The molecule has 5 heteroatoms. The van der Waals surface area contributed by atoms with Gasteiger partial charge in [0.1, 0.15) is 0 Å². The second-order valence-electron chi connectivity index (χ2n) is 8.63. The van der Waals surface area contributed by atoms with E-state index in [4.69, 9.17) is 14.8 Å². The van der Waals surface area contributed by atoms with Gasteiger partial charge < -0.3 is 0 Å². The van der Waals surface area contributed by atoms with Gasteiger partial charge in [0.05, 0.1) is 0 Å². The molecule has 1 aliphatic rings. The third-order valence-corrected chi connectivity index (χ3v) is 21.6. The molecule has 1 saturated heterocycles. The molecule has 0 spiro atoms. The van der Waals surface area contributed by atoms with Crippen LogP contribution in [0.1, 0.15) is 84.8 Å². The summed E-state index contributed by atoms with van der Waals surface area (Å²) in [7, 11) is 0. The molecule has 0 amide bonds. The predicted octanol–water partition coefficient (Wildman–Crippen LogP) is 6.19. The third-order valence-electron chi connectivity index (χ3n) is 6.48. The zero-order valence-corrected chi connectivity index (χ0v) is 21.1. The van der Waals surface area contributed by atoms with E-state index in [9.17, 15) is 0 Å². The zero-order valence-electron chi connectivity index (χ0n) is 18.3. The Hall–Kier alpha value is -0.621. The Bertz CT molecular complexity index is 702. The molecule has 0 N–H and O–H groups in total. The van der Waals surface area contributed by atoms with Crippen molar-refractivity contribution in [3.63, 3.8) is 0 Å². The van der Waals surface area contributed by atoms with Crippen molar-refractivity contribution in [3.05, 3.63) is 18.5 Å². The number of fused-ring (bicyclic) bond motifs is 1. The number of ether oxygens (including phenoxy) is 1. The summed E-state index contributed by atoms with van der Waals surface area (Å²) in [4.78, 5) is 5.14. The van der Waals surface area contributed by atoms with Gasteiger partial charge in [0.15, 0.2) is 0 Å². The van der Waals surface area contributed by atoms with Gasteiger partial charge in [0.25, 0.3) is 0 Å². The Morgan fingerprint density at radius 1 is 1.00 bits per heavy atom. The molecule has 4 nitrogen and oxygen atoms in total. The first-order valence-electron chi connectivity index (χ1n) is 11.7. The van der Waals surface area contributed by atoms with Gasteiger partial charge >= 0.3 is 176 Å². The molecule has 0 aromatic carbocycles. The SMILES string of the molecule is CCC[CH2][Sn]([CH2]CCC)([CH2]CCC)[c]1cc2cnn(C3CCCCO3)c2cn1. The normalized spacial score (nSPS) is 18.0. The minimum atomic E-state index is -2.47. The zero-order chi connectivity index (χ0) is 19.8. The van der Waals surface area contributed by atoms with Crippen LogP contribution in [0, 0.1) is 0 Å². The van der Waals surface area contributed by atoms with E-state index < -0.39 is 18.4 Å². The number of hydrogen-bond donors (Lipinski definition) is 0. The van der Waals surface area contributed by atoms with Crippen molar-refractivity contribution >= 4 is 33.0 Å². The molecule has 0 bridgehead atoms. The fraction of sp³-hybridized carbons (Fsp3) is 0.739. The molecule has 3 rings (SSSR count). The number of nitrogens with zero attached hydrogens (tertiary/aromatic N) is 3. The molecule has 28 heavy (non-hydrogen) atoms. The van der Waals surface area contributed by atoms with Crippen LogP contribution in [0.5, 0.6) is 0 Å². The van der Waals surface area contributed by atoms with E-state index in [-0.39, 0.29) is 6.23 Å². The van der Waals surface area contributed by atoms with Gasteiger partial charge in [-0.05, 0) is 0 Å². The number of hydrogen-bond acceptors (Lipinski definition) is 3. The summed E-state index contributed by atoms with van der Waals surface area (Å²) in [5.41, 5.74) is 1.15. The molecule has 3 heterocycles. The molecule has 1 aliphatic heterocycles. The Morgan fingerprint density at radius 2 is 1.68 bits per heavy atom. The van der Waals surface area contributed by atoms with Crippen LogP contribution in [0.4, 0.5) is 0 Å². The topological polar surface area (TPSA) is 39.9 Å². The standard InChI is InChI=1S/C11H12N3O.3C4H9.Sn/c1-2-6-15-11(3-1)14-10-8-12-5-4-9(10)7-13-14;3*1-3-4-2;/h4,7-8,11H,1-3,6H2;3*1,3-4H2,2H3;. The molecule has 0 saturated carbocycles. The first-order chi connectivity index (χ1) is 13.7. The minimum absolute atomic E-state index is 0.0902. The van der Waals surface area contributed by atoms with Crippen LogP contribution < -0.4 is 3.71 Å². The molecule has 1 unspecified atom stereocenters. The van der Waals surface area contributed by atoms with Crippen molar-refractivity contribution in [2.75, 3.05) is 6.61 Å². The Morgan fingerprint density at radius 3 is 2.25 bits per heavy atom. The molecule has 0 radical (unpaired) electrons. The van der Waals surface area contributed by atoms with E-state index >= 15 is 0 Å². The summed E-state index contributed by atoms with van der Waals surface area (Å²) in [5.74, 6) is 0. The number of rotatable bonds is 11. The van der Waals surface area contributed by atoms with Gasteiger partial charge in [-0.15, -0.1) is 0 Å². The third kappa shape index (κ3) is 5.10. The van der Waals surface area contributed by atoms with Crippen molar-refractivity contribution < 1.29 is 4.74 Å². The van der Waals surface area contributed by atoms with Crippen molar-refractivity contribution in [2.24, 2.45) is 0 Å². The van der Waals surface area contributed by atoms with Crippen molar-refractivity contribution in [1.82, 2.24) is 14.8 Å². The average molecular weight is 492 g/mol. The maximum atomic E-state index is 5.97. The quantitative estimate of drug-likeness (QED) is 0.352. The van der Waals surface area contributed by atoms with Crippen LogP contribution in [0.15, 0.2) is 18.5 Å². The second kappa shape index (κ2) is 11.0. The van der Waals surface area contributed by atoms with Crippen molar-refractivity contribution in [3.8, 4) is 0 Å². The number of pyridine rings is 1. The maximum absolute atomic E-state index is 5.97. The second-order valence-corrected chi connectivity index (χ2v) is 21.7. The van der Waals surface area contributed by atoms with E-state index in [1.54, 1.807) is 0 Å². The van der Waals surface area contributed by atoms with Crippen LogP contribution in [0.25, 0.3) is 10.9 Å². The molecular weight excluding hydrogens is 453 g/mol. The summed E-state index contributed by atoms with van der Waals surface area (Å²) in [5, 5.41) is 5.97. The Balaban J connectivity index is 1.94. The van der Waals surface area contributed by atoms with Crippen LogP contribution in [-0.2, 0) is 4.74 Å². The van der Waals surface area contributed by atoms with Gasteiger partial charge in [-0.1, -0.05) is 0 Å². The molecule has 1 fully saturated rings. The van der Waals surface area contributed by atoms with Gasteiger partial charge in [-0.3, -0.25) is 0 Å². The summed E-state index contributed by atoms with van der Waals surface area (Å²) in [6, 6.07) is 2.43. The molecule has 156 valence electrons. The fourth-order valence-electron chi connectivity index (χ4n) is 4.69. The van der Waals surface area contributed by atoms with Crippen molar-refractivity contribution in [2.45, 2.75) is 98.1 Å².